The second-order valence-electron chi connectivity index (χ2n) is 17.0. The quantitative estimate of drug-likeness (QED) is 0.118. The van der Waals surface area contributed by atoms with Gasteiger partial charge in [0.15, 0.2) is 60.1 Å². The van der Waals surface area contributed by atoms with Crippen molar-refractivity contribution in [3.63, 3.8) is 0 Å². The highest BCUT2D eigenvalue weighted by Crippen LogP contribution is 2.38. The smallest absolute Gasteiger partial charge is 0.421 e. The third-order valence-electron chi connectivity index (χ3n) is 10.2. The molecule has 0 amide bonds. The van der Waals surface area contributed by atoms with Gasteiger partial charge in [-0.05, 0) is 19.3 Å². The van der Waals surface area contributed by atoms with E-state index in [1.165, 1.54) is 111 Å². The van der Waals surface area contributed by atoms with Crippen molar-refractivity contribution in [1.82, 2.24) is 0 Å². The van der Waals surface area contributed by atoms with Crippen molar-refractivity contribution in [2.24, 2.45) is 0 Å². The first-order valence-corrected chi connectivity index (χ1v) is 30.4. The van der Waals surface area contributed by atoms with Crippen molar-refractivity contribution in [1.29, 1.82) is 0 Å². The molecule has 0 aromatic heterocycles. The molecule has 3 fully saturated rings. The van der Waals surface area contributed by atoms with Gasteiger partial charge in [0.2, 0.25) is 0 Å². The van der Waals surface area contributed by atoms with Crippen molar-refractivity contribution in [3.8, 4) is 0 Å². The summed E-state index contributed by atoms with van der Waals surface area (Å²) in [6.45, 7) is 23.8. The molecule has 0 aromatic carbocycles. The molecule has 3 aliphatic rings. The van der Waals surface area contributed by atoms with Crippen LogP contribution in [0.25, 0.3) is 12.4 Å². The lowest BCUT2D eigenvalue weighted by Gasteiger charge is -2.37. The van der Waals surface area contributed by atoms with E-state index in [-0.39, 0.29) is 0 Å². The molecule has 0 atom stereocenters. The molecule has 0 aliphatic carbocycles. The zero-order valence-electron chi connectivity index (χ0n) is 41.9. The lowest BCUT2D eigenvalue weighted by atomic mass is 10.2. The van der Waals surface area contributed by atoms with E-state index in [4.69, 9.17) is 14.2 Å². The Bertz CT molecular complexity index is 2060. The molecule has 45 heteroatoms. The van der Waals surface area contributed by atoms with Crippen molar-refractivity contribution >= 4 is 60.1 Å². The molecule has 0 unspecified atom stereocenters. The number of sulfonamides is 6. The minimum atomic E-state index is -6.72. The highest BCUT2D eigenvalue weighted by Gasteiger charge is 2.49. The minimum Gasteiger partial charge on any atom is -0.421 e. The van der Waals surface area contributed by atoms with Crippen LogP contribution in [0.4, 0.5) is 79.0 Å². The van der Waals surface area contributed by atoms with Crippen LogP contribution in [-0.2, 0) is 74.4 Å². The number of rotatable bonds is 15. The predicted molar refractivity (Wildman–Crippen MR) is 239 cm³/mol. The fourth-order valence-corrected chi connectivity index (χ4v) is 10.4. The molecule has 78 heavy (non-hydrogen) atoms. The maximum atomic E-state index is 11.4. The largest absolute Gasteiger partial charge is 0.480 e. The number of likely N-dealkylation sites (N-methyl/N-ethyl adjacent to an activating group) is 3. The number of hydrogen-bond acceptors (Lipinski definition) is 15. The Balaban J connectivity index is -0.000000869. The standard InChI is InChI=1S/3C9H20NO.3C2F6NO4S2/c3*1-3-4-5-10(2)6-8-11-9-7-10;3*3-1(4,5)14(10,11)9-15(12,13)2(6,7)8/h3*3-9H2,1-2H3;;;/q3*+1;3*-1. The first-order valence-electron chi connectivity index (χ1n) is 21.8. The molecule has 3 aliphatic heterocycles. The van der Waals surface area contributed by atoms with Crippen LogP contribution >= 0.6 is 0 Å². The van der Waals surface area contributed by atoms with Gasteiger partial charge in [0.1, 0.15) is 39.3 Å². The number of quaternary nitrogens is 3. The Morgan fingerprint density at radius 3 is 0.538 bits per heavy atom. The zero-order valence-corrected chi connectivity index (χ0v) is 46.8. The Labute approximate surface area is 440 Å². The van der Waals surface area contributed by atoms with Crippen LogP contribution in [0.3, 0.4) is 0 Å². The van der Waals surface area contributed by atoms with Crippen molar-refractivity contribution < 1.29 is 157 Å². The second-order valence-corrected chi connectivity index (χ2v) is 27.3. The van der Waals surface area contributed by atoms with Gasteiger partial charge in [-0.15, -0.1) is 0 Å². The first kappa shape index (κ1) is 80.3. The summed E-state index contributed by atoms with van der Waals surface area (Å²) in [4.78, 5) is 0. The number of unbranched alkanes of at least 4 members (excludes halogenated alkanes) is 3. The molecule has 474 valence electrons. The molecule has 21 nitrogen and oxygen atoms in total. The molecule has 0 aromatic rings. The Morgan fingerprint density at radius 1 is 0.308 bits per heavy atom. The molecule has 0 saturated carbocycles. The predicted octanol–water partition coefficient (Wildman–Crippen LogP) is 6.97. The van der Waals surface area contributed by atoms with E-state index in [1.54, 1.807) is 0 Å². The summed E-state index contributed by atoms with van der Waals surface area (Å²) in [5, 5.41) is 0. The van der Waals surface area contributed by atoms with Crippen LogP contribution in [-0.4, -0.2) is 217 Å². The van der Waals surface area contributed by atoms with Crippen LogP contribution in [0, 0.1) is 0 Å². The number of hydrogen-bond donors (Lipinski definition) is 0. The van der Waals surface area contributed by atoms with Crippen molar-refractivity contribution in [2.75, 3.05) is 120 Å². The Kier molecular flexibility index (Phi) is 32.0. The fourth-order valence-electron chi connectivity index (χ4n) is 5.28. The van der Waals surface area contributed by atoms with E-state index in [1.807, 2.05) is 0 Å². The van der Waals surface area contributed by atoms with Gasteiger partial charge >= 0.3 is 33.0 Å². The topological polar surface area (TPSA) is 275 Å². The molecule has 0 radical (unpaired) electrons. The molecular weight excluding hydrogens is 1250 g/mol. The van der Waals surface area contributed by atoms with E-state index in [9.17, 15) is 130 Å². The molecular formula is C33H60F18N6O15S6. The number of morpholine rings is 3. The van der Waals surface area contributed by atoms with Gasteiger partial charge in [0.05, 0.1) is 80.4 Å². The molecule has 3 saturated heterocycles. The average Bonchev–Trinajstić information content (AvgIpc) is 3.23. The number of ether oxygens (including phenoxy) is 3. The highest BCUT2D eigenvalue weighted by atomic mass is 32.3. The van der Waals surface area contributed by atoms with Crippen molar-refractivity contribution in [2.45, 2.75) is 92.3 Å². The van der Waals surface area contributed by atoms with E-state index in [0.29, 0.717) is 0 Å². The van der Waals surface area contributed by atoms with Crippen LogP contribution in [0.2, 0.25) is 0 Å². The van der Waals surface area contributed by atoms with Crippen LogP contribution < -0.4 is 0 Å². The lowest BCUT2D eigenvalue weighted by molar-refractivity contribution is -0.917. The zero-order chi connectivity index (χ0) is 62.6. The van der Waals surface area contributed by atoms with Gasteiger partial charge in [0.25, 0.3) is 0 Å². The second kappa shape index (κ2) is 31.1. The third kappa shape index (κ3) is 29.9. The Morgan fingerprint density at radius 2 is 0.436 bits per heavy atom. The number of halogens is 18. The summed E-state index contributed by atoms with van der Waals surface area (Å²) in [5.41, 5.74) is -37.2. The average molecular weight is 1320 g/mol. The van der Waals surface area contributed by atoms with Gasteiger partial charge in [-0.1, -0.05) is 40.0 Å². The molecule has 3 rings (SSSR count). The summed E-state index contributed by atoms with van der Waals surface area (Å²) in [6.07, 6.45) is 8.02. The van der Waals surface area contributed by atoms with Crippen molar-refractivity contribution in [3.05, 3.63) is 12.4 Å². The van der Waals surface area contributed by atoms with Gasteiger partial charge in [0, 0.05) is 0 Å². The fraction of sp³-hybridized carbons (Fsp3) is 1.00. The minimum absolute atomic E-state index is 0.778. The molecule has 0 spiro atoms. The molecule has 0 N–H and O–H groups in total. The Hall–Kier alpha value is -1.92. The summed E-state index contributed by atoms with van der Waals surface area (Å²) in [7, 11) is -33.3. The van der Waals surface area contributed by atoms with Gasteiger partial charge in [-0.25, -0.2) is 50.5 Å². The van der Waals surface area contributed by atoms with Gasteiger partial charge in [-0.3, -0.25) is 0 Å². The SMILES string of the molecule is CCCC[N+]1(C)CCOCC1.CCCC[N+]1(C)CCOCC1.CCCC[N+]1(C)CCOCC1.O=S(=O)([N-]S(=O)(=O)C(F)(F)F)C(F)(F)F.O=S(=O)([N-]S(=O)(=O)C(F)(F)F)C(F)(F)F.O=S(=O)([N-]S(=O)(=O)C(F)(F)F)C(F)(F)F. The number of nitrogens with zero attached hydrogens (tertiary/aromatic N) is 6. The lowest BCUT2D eigenvalue weighted by Crippen LogP contribution is -2.52. The van der Waals surface area contributed by atoms with Crippen LogP contribution in [0.15, 0.2) is 0 Å². The molecule has 3 heterocycles. The summed E-state index contributed by atoms with van der Waals surface area (Å²) in [6, 6.07) is 0. The highest BCUT2D eigenvalue weighted by molar-refractivity contribution is 8.14. The summed E-state index contributed by atoms with van der Waals surface area (Å²) < 4.78 is 347. The first-order chi connectivity index (χ1) is 34.4. The van der Waals surface area contributed by atoms with Crippen LogP contribution in [0.5, 0.6) is 0 Å². The molecule has 0 bridgehead atoms. The normalized spacial score (nSPS) is 18.8. The van der Waals surface area contributed by atoms with Crippen LogP contribution in [0.1, 0.15) is 59.3 Å². The monoisotopic (exact) mass is 1310 g/mol. The van der Waals surface area contributed by atoms with E-state index in [2.05, 4.69) is 41.9 Å². The third-order valence-corrected chi connectivity index (χ3v) is 18.4. The van der Waals surface area contributed by atoms with E-state index in [0.717, 1.165) is 52.0 Å². The number of alkyl halides is 18. The maximum Gasteiger partial charge on any atom is 0.480 e. The van der Waals surface area contributed by atoms with E-state index < -0.39 is 93.2 Å². The van der Waals surface area contributed by atoms with Gasteiger partial charge < -0.3 is 40.0 Å². The maximum absolute atomic E-state index is 11.4. The van der Waals surface area contributed by atoms with Gasteiger partial charge in [-0.2, -0.15) is 79.0 Å². The summed E-state index contributed by atoms with van der Waals surface area (Å²) in [5.74, 6) is 0. The van der Waals surface area contributed by atoms with E-state index >= 15 is 0 Å². The summed E-state index contributed by atoms with van der Waals surface area (Å²) >= 11 is 0.